The minimum absolute atomic E-state index is 0.301. The van der Waals surface area contributed by atoms with E-state index in [-0.39, 0.29) is 0 Å². The van der Waals surface area contributed by atoms with E-state index in [4.69, 9.17) is 0 Å². The van der Waals surface area contributed by atoms with E-state index in [1.165, 1.54) is 30.0 Å². The fraction of sp³-hybridized carbons (Fsp3) is 0.333. The van der Waals surface area contributed by atoms with Gasteiger partial charge in [-0.15, -0.1) is 11.3 Å². The zero-order valence-corrected chi connectivity index (χ0v) is 14.1. The van der Waals surface area contributed by atoms with Gasteiger partial charge in [-0.1, -0.05) is 18.2 Å². The summed E-state index contributed by atoms with van der Waals surface area (Å²) in [4.78, 5) is 2.81. The standard InChI is InChI=1S/C15H18INS/c1-9-6-5-7-12(13(9)16)14(17-4)15-10(2)8-11(3)18-15/h5-8,14,17H,1-4H3. The summed E-state index contributed by atoms with van der Waals surface area (Å²) >= 11 is 4.34. The fourth-order valence-corrected chi connectivity index (χ4v) is 4.10. The highest BCUT2D eigenvalue weighted by molar-refractivity contribution is 14.1. The number of thiophene rings is 1. The van der Waals surface area contributed by atoms with Crippen molar-refractivity contribution < 1.29 is 0 Å². The van der Waals surface area contributed by atoms with Crippen LogP contribution in [0, 0.1) is 24.3 Å². The Kier molecular flexibility index (Phi) is 4.45. The van der Waals surface area contributed by atoms with Gasteiger partial charge < -0.3 is 5.32 Å². The molecule has 0 bridgehead atoms. The molecule has 0 amide bonds. The first-order valence-corrected chi connectivity index (χ1v) is 7.93. The normalized spacial score (nSPS) is 12.7. The van der Waals surface area contributed by atoms with Crippen LogP contribution in [-0.2, 0) is 0 Å². The van der Waals surface area contributed by atoms with Gasteiger partial charge in [0, 0.05) is 13.3 Å². The van der Waals surface area contributed by atoms with Crippen LogP contribution < -0.4 is 5.32 Å². The summed E-state index contributed by atoms with van der Waals surface area (Å²) in [6.45, 7) is 6.55. The molecule has 1 aromatic heterocycles. The number of nitrogens with one attached hydrogen (secondary N) is 1. The van der Waals surface area contributed by atoms with E-state index in [2.05, 4.69) is 72.9 Å². The molecule has 0 aliphatic carbocycles. The molecular formula is C15H18INS. The quantitative estimate of drug-likeness (QED) is 0.779. The lowest BCUT2D eigenvalue weighted by atomic mass is 10.0. The Bertz CT molecular complexity index is 560. The molecule has 3 heteroatoms. The number of hydrogen-bond acceptors (Lipinski definition) is 2. The molecule has 1 N–H and O–H groups in total. The first-order chi connectivity index (χ1) is 8.54. The van der Waals surface area contributed by atoms with Gasteiger partial charge in [0.2, 0.25) is 0 Å². The molecule has 1 heterocycles. The molecule has 0 radical (unpaired) electrons. The van der Waals surface area contributed by atoms with Crippen LogP contribution in [-0.4, -0.2) is 7.05 Å². The highest BCUT2D eigenvalue weighted by Crippen LogP contribution is 2.34. The van der Waals surface area contributed by atoms with Crippen molar-refractivity contribution in [1.29, 1.82) is 0 Å². The zero-order valence-electron chi connectivity index (χ0n) is 11.2. The van der Waals surface area contributed by atoms with Crippen molar-refractivity contribution in [3.05, 3.63) is 54.3 Å². The van der Waals surface area contributed by atoms with Crippen molar-refractivity contribution in [2.75, 3.05) is 7.05 Å². The minimum Gasteiger partial charge on any atom is -0.309 e. The third kappa shape index (κ3) is 2.63. The van der Waals surface area contributed by atoms with Crippen molar-refractivity contribution in [2.24, 2.45) is 0 Å². The summed E-state index contributed by atoms with van der Waals surface area (Å²) < 4.78 is 1.36. The highest BCUT2D eigenvalue weighted by Gasteiger charge is 2.19. The van der Waals surface area contributed by atoms with Crippen LogP contribution in [0.4, 0.5) is 0 Å². The van der Waals surface area contributed by atoms with Crippen LogP contribution in [0.25, 0.3) is 0 Å². The van der Waals surface area contributed by atoms with E-state index in [1.54, 1.807) is 0 Å². The predicted molar refractivity (Wildman–Crippen MR) is 88.6 cm³/mol. The first kappa shape index (κ1) is 14.0. The van der Waals surface area contributed by atoms with Crippen molar-refractivity contribution in [2.45, 2.75) is 26.8 Å². The molecule has 0 spiro atoms. The van der Waals surface area contributed by atoms with E-state index < -0.39 is 0 Å². The molecule has 2 rings (SSSR count). The Morgan fingerprint density at radius 2 is 1.89 bits per heavy atom. The zero-order chi connectivity index (χ0) is 13.3. The third-order valence-electron chi connectivity index (χ3n) is 3.16. The summed E-state index contributed by atoms with van der Waals surface area (Å²) in [7, 11) is 2.04. The van der Waals surface area contributed by atoms with E-state index >= 15 is 0 Å². The Balaban J connectivity index is 2.52. The molecule has 1 aromatic carbocycles. The Morgan fingerprint density at radius 3 is 2.44 bits per heavy atom. The maximum atomic E-state index is 3.46. The van der Waals surface area contributed by atoms with Crippen LogP contribution in [0.5, 0.6) is 0 Å². The molecule has 2 aromatic rings. The fourth-order valence-electron chi connectivity index (χ4n) is 2.27. The summed E-state index contributed by atoms with van der Waals surface area (Å²) in [6, 6.07) is 9.12. The van der Waals surface area contributed by atoms with Gasteiger partial charge in [-0.05, 0) is 73.2 Å². The van der Waals surface area contributed by atoms with Crippen LogP contribution in [0.2, 0.25) is 0 Å². The molecule has 0 saturated heterocycles. The van der Waals surface area contributed by atoms with E-state index in [9.17, 15) is 0 Å². The van der Waals surface area contributed by atoms with Gasteiger partial charge in [0.1, 0.15) is 0 Å². The van der Waals surface area contributed by atoms with E-state index in [0.29, 0.717) is 6.04 Å². The molecule has 0 fully saturated rings. The van der Waals surface area contributed by atoms with Crippen molar-refractivity contribution in [3.8, 4) is 0 Å². The van der Waals surface area contributed by atoms with E-state index in [1.807, 2.05) is 18.4 Å². The minimum atomic E-state index is 0.301. The average Bonchev–Trinajstić information content (AvgIpc) is 2.65. The van der Waals surface area contributed by atoms with Crippen LogP contribution in [0.3, 0.4) is 0 Å². The molecule has 1 unspecified atom stereocenters. The van der Waals surface area contributed by atoms with E-state index in [0.717, 1.165) is 0 Å². The average molecular weight is 371 g/mol. The number of hydrogen-bond donors (Lipinski definition) is 1. The second kappa shape index (κ2) is 5.72. The highest BCUT2D eigenvalue weighted by atomic mass is 127. The monoisotopic (exact) mass is 371 g/mol. The van der Waals surface area contributed by atoms with Crippen LogP contribution >= 0.6 is 33.9 Å². The summed E-state index contributed by atoms with van der Waals surface area (Å²) in [5, 5.41) is 3.46. The molecule has 0 saturated carbocycles. The largest absolute Gasteiger partial charge is 0.309 e. The summed E-state index contributed by atoms with van der Waals surface area (Å²) in [5.41, 5.74) is 4.11. The number of rotatable bonds is 3. The molecular weight excluding hydrogens is 353 g/mol. The lowest BCUT2D eigenvalue weighted by Crippen LogP contribution is -2.18. The Hall–Kier alpha value is -0.390. The lowest BCUT2D eigenvalue weighted by Gasteiger charge is -2.19. The lowest BCUT2D eigenvalue weighted by molar-refractivity contribution is 0.696. The predicted octanol–water partition coefficient (Wildman–Crippen LogP) is 4.59. The third-order valence-corrected chi connectivity index (χ3v) is 5.85. The number of benzene rings is 1. The van der Waals surface area contributed by atoms with Crippen LogP contribution in [0.1, 0.15) is 32.5 Å². The SMILES string of the molecule is CNC(c1cccc(C)c1I)c1sc(C)cc1C. The van der Waals surface area contributed by atoms with Crippen molar-refractivity contribution in [1.82, 2.24) is 5.32 Å². The van der Waals surface area contributed by atoms with Gasteiger partial charge in [0.05, 0.1) is 6.04 Å². The van der Waals surface area contributed by atoms with Crippen molar-refractivity contribution >= 4 is 33.9 Å². The number of halogens is 1. The van der Waals surface area contributed by atoms with Gasteiger partial charge in [-0.2, -0.15) is 0 Å². The topological polar surface area (TPSA) is 12.0 Å². The van der Waals surface area contributed by atoms with Gasteiger partial charge in [-0.3, -0.25) is 0 Å². The summed E-state index contributed by atoms with van der Waals surface area (Å²) in [5.74, 6) is 0. The Morgan fingerprint density at radius 1 is 1.17 bits per heavy atom. The Labute approximate surface area is 127 Å². The van der Waals surface area contributed by atoms with Gasteiger partial charge in [0.25, 0.3) is 0 Å². The number of aryl methyl sites for hydroxylation is 3. The molecule has 18 heavy (non-hydrogen) atoms. The van der Waals surface area contributed by atoms with Gasteiger partial charge >= 0.3 is 0 Å². The second-order valence-electron chi connectivity index (χ2n) is 4.60. The maximum Gasteiger partial charge on any atom is 0.0681 e. The molecule has 0 aliphatic rings. The second-order valence-corrected chi connectivity index (χ2v) is 6.97. The molecule has 0 aliphatic heterocycles. The first-order valence-electron chi connectivity index (χ1n) is 6.03. The smallest absolute Gasteiger partial charge is 0.0681 e. The van der Waals surface area contributed by atoms with Crippen molar-refractivity contribution in [3.63, 3.8) is 0 Å². The molecule has 1 atom stereocenters. The van der Waals surface area contributed by atoms with Gasteiger partial charge in [0.15, 0.2) is 0 Å². The molecule has 96 valence electrons. The summed E-state index contributed by atoms with van der Waals surface area (Å²) in [6.07, 6.45) is 0. The molecule has 1 nitrogen and oxygen atoms in total. The van der Waals surface area contributed by atoms with Crippen LogP contribution in [0.15, 0.2) is 24.3 Å². The van der Waals surface area contributed by atoms with Gasteiger partial charge in [-0.25, -0.2) is 0 Å². The maximum absolute atomic E-state index is 3.46.